The predicted molar refractivity (Wildman–Crippen MR) is 120 cm³/mol. The second kappa shape index (κ2) is 8.68. The summed E-state index contributed by atoms with van der Waals surface area (Å²) in [5, 5.41) is 1.41. The molecule has 28 heavy (non-hydrogen) atoms. The molecule has 0 amide bonds. The Labute approximate surface area is 175 Å². The second-order valence-electron chi connectivity index (χ2n) is 6.57. The number of nitrogens with zero attached hydrogens (tertiary/aromatic N) is 3. The van der Waals surface area contributed by atoms with Gasteiger partial charge in [-0.3, -0.25) is 9.98 Å². The molecule has 0 bridgehead atoms. The van der Waals surface area contributed by atoms with E-state index >= 15 is 0 Å². The van der Waals surface area contributed by atoms with Crippen molar-refractivity contribution in [1.29, 1.82) is 0 Å². The van der Waals surface area contributed by atoms with Crippen LogP contribution in [0.15, 0.2) is 64.6 Å². The number of aromatic nitrogens is 1. The van der Waals surface area contributed by atoms with Gasteiger partial charge < -0.3 is 0 Å². The second-order valence-corrected chi connectivity index (χ2v) is 7.38. The van der Waals surface area contributed by atoms with Gasteiger partial charge in [0.2, 0.25) is 0 Å². The summed E-state index contributed by atoms with van der Waals surface area (Å²) < 4.78 is 0. The van der Waals surface area contributed by atoms with Crippen molar-refractivity contribution in [2.24, 2.45) is 9.98 Å². The van der Waals surface area contributed by atoms with E-state index in [0.717, 1.165) is 45.3 Å². The molecule has 3 rings (SSSR count). The molecule has 5 heteroatoms. The molecule has 1 heterocycles. The molecule has 0 aliphatic heterocycles. The van der Waals surface area contributed by atoms with Crippen LogP contribution >= 0.6 is 23.2 Å². The summed E-state index contributed by atoms with van der Waals surface area (Å²) in [4.78, 5) is 14.2. The Kier molecular flexibility index (Phi) is 6.28. The fourth-order valence-corrected chi connectivity index (χ4v) is 3.09. The van der Waals surface area contributed by atoms with E-state index in [9.17, 15) is 0 Å². The molecule has 0 aliphatic carbocycles. The van der Waals surface area contributed by atoms with E-state index in [1.54, 1.807) is 0 Å². The number of halogens is 2. The van der Waals surface area contributed by atoms with Gasteiger partial charge in [0, 0.05) is 10.0 Å². The quantitative estimate of drug-likeness (QED) is 0.416. The highest BCUT2D eigenvalue weighted by molar-refractivity contribution is 6.32. The molecule has 0 fully saturated rings. The Bertz CT molecular complexity index is 1000. The van der Waals surface area contributed by atoms with Crippen LogP contribution in [0.4, 0.5) is 11.4 Å². The Morgan fingerprint density at radius 3 is 1.50 bits per heavy atom. The highest BCUT2D eigenvalue weighted by Crippen LogP contribution is 2.27. The molecule has 0 spiro atoms. The maximum absolute atomic E-state index is 6.20. The molecular formula is C23H21Cl2N3. The Morgan fingerprint density at radius 2 is 1.07 bits per heavy atom. The van der Waals surface area contributed by atoms with Crippen LogP contribution in [0.5, 0.6) is 0 Å². The number of rotatable bonds is 4. The summed E-state index contributed by atoms with van der Waals surface area (Å²) in [6, 6.07) is 17.3. The van der Waals surface area contributed by atoms with E-state index in [-0.39, 0.29) is 0 Å². The molecule has 1 aromatic heterocycles. The number of aliphatic imine (C=N–C) groups is 2. The van der Waals surface area contributed by atoms with Crippen LogP contribution in [0.1, 0.15) is 36.4 Å². The van der Waals surface area contributed by atoms with Crippen molar-refractivity contribution in [1.82, 2.24) is 4.98 Å². The van der Waals surface area contributed by atoms with E-state index in [0.29, 0.717) is 10.0 Å². The number of pyridine rings is 1. The lowest BCUT2D eigenvalue weighted by Gasteiger charge is -2.08. The summed E-state index contributed by atoms with van der Waals surface area (Å²) >= 11 is 12.4. The van der Waals surface area contributed by atoms with Crippen molar-refractivity contribution in [3.8, 4) is 0 Å². The average Bonchev–Trinajstić information content (AvgIpc) is 2.69. The standard InChI is InChI=1S/C23H21Cl2N3/c1-14-18(24)8-5-10-20(14)26-16(3)22-12-7-13-23(28-22)17(4)27-21-11-6-9-19(25)15(21)2/h5-13H,1-4H3. The monoisotopic (exact) mass is 409 g/mol. The summed E-state index contributed by atoms with van der Waals surface area (Å²) in [5.41, 5.74) is 6.83. The lowest BCUT2D eigenvalue weighted by Crippen LogP contribution is -2.05. The van der Waals surface area contributed by atoms with Crippen molar-refractivity contribution in [2.45, 2.75) is 27.7 Å². The van der Waals surface area contributed by atoms with Gasteiger partial charge in [-0.15, -0.1) is 0 Å². The van der Waals surface area contributed by atoms with Gasteiger partial charge in [0.25, 0.3) is 0 Å². The first-order valence-electron chi connectivity index (χ1n) is 8.95. The van der Waals surface area contributed by atoms with Crippen LogP contribution in [-0.2, 0) is 0 Å². The summed E-state index contributed by atoms with van der Waals surface area (Å²) in [5.74, 6) is 0. The van der Waals surface area contributed by atoms with Gasteiger partial charge in [0.1, 0.15) is 0 Å². The van der Waals surface area contributed by atoms with Crippen LogP contribution in [-0.4, -0.2) is 16.4 Å². The van der Waals surface area contributed by atoms with E-state index in [2.05, 4.69) is 0 Å². The molecule has 3 nitrogen and oxygen atoms in total. The highest BCUT2D eigenvalue weighted by atomic mass is 35.5. The van der Waals surface area contributed by atoms with Crippen LogP contribution < -0.4 is 0 Å². The Hall–Kier alpha value is -2.49. The zero-order valence-corrected chi connectivity index (χ0v) is 17.8. The molecule has 2 aromatic carbocycles. The predicted octanol–water partition coefficient (Wildman–Crippen LogP) is 7.29. The summed E-state index contributed by atoms with van der Waals surface area (Å²) in [7, 11) is 0. The largest absolute Gasteiger partial charge is 0.251 e. The van der Waals surface area contributed by atoms with E-state index in [1.165, 1.54) is 0 Å². The number of hydrogen-bond acceptors (Lipinski definition) is 3. The first kappa shape index (κ1) is 20.2. The molecule has 0 saturated carbocycles. The maximum Gasteiger partial charge on any atom is 0.0849 e. The molecule has 142 valence electrons. The third-order valence-electron chi connectivity index (χ3n) is 4.54. The molecule has 0 aliphatic rings. The average molecular weight is 410 g/mol. The van der Waals surface area contributed by atoms with Crippen LogP contribution in [0, 0.1) is 13.8 Å². The van der Waals surface area contributed by atoms with Crippen LogP contribution in [0.25, 0.3) is 0 Å². The third kappa shape index (κ3) is 4.49. The van der Waals surface area contributed by atoms with Crippen LogP contribution in [0.3, 0.4) is 0 Å². The van der Waals surface area contributed by atoms with E-state index < -0.39 is 0 Å². The van der Waals surface area contributed by atoms with Crippen molar-refractivity contribution in [2.75, 3.05) is 0 Å². The topological polar surface area (TPSA) is 37.6 Å². The number of hydrogen-bond donors (Lipinski definition) is 0. The van der Waals surface area contributed by atoms with Gasteiger partial charge >= 0.3 is 0 Å². The molecule has 0 atom stereocenters. The lowest BCUT2D eigenvalue weighted by atomic mass is 10.1. The molecule has 0 N–H and O–H groups in total. The van der Waals surface area contributed by atoms with Gasteiger partial charge in [0.05, 0.1) is 34.2 Å². The van der Waals surface area contributed by atoms with Crippen molar-refractivity contribution in [3.63, 3.8) is 0 Å². The zero-order valence-electron chi connectivity index (χ0n) is 16.3. The van der Waals surface area contributed by atoms with E-state index in [4.69, 9.17) is 38.2 Å². The summed E-state index contributed by atoms with van der Waals surface area (Å²) in [6.45, 7) is 7.81. The first-order chi connectivity index (χ1) is 13.4. The van der Waals surface area contributed by atoms with Crippen molar-refractivity contribution >= 4 is 46.0 Å². The molecule has 0 saturated heterocycles. The first-order valence-corrected chi connectivity index (χ1v) is 9.71. The van der Waals surface area contributed by atoms with Crippen molar-refractivity contribution < 1.29 is 0 Å². The Balaban J connectivity index is 1.95. The van der Waals surface area contributed by atoms with Gasteiger partial charge in [-0.05, 0) is 75.2 Å². The minimum absolute atomic E-state index is 0.704. The van der Waals surface area contributed by atoms with Gasteiger partial charge in [-0.2, -0.15) is 0 Å². The zero-order chi connectivity index (χ0) is 20.3. The van der Waals surface area contributed by atoms with Crippen molar-refractivity contribution in [3.05, 3.63) is 87.2 Å². The smallest absolute Gasteiger partial charge is 0.0849 e. The minimum atomic E-state index is 0.704. The lowest BCUT2D eigenvalue weighted by molar-refractivity contribution is 1.23. The highest BCUT2D eigenvalue weighted by Gasteiger charge is 2.08. The molecular weight excluding hydrogens is 389 g/mol. The molecule has 3 aromatic rings. The maximum atomic E-state index is 6.20. The van der Waals surface area contributed by atoms with Gasteiger partial charge in [-0.1, -0.05) is 41.4 Å². The minimum Gasteiger partial charge on any atom is -0.251 e. The Morgan fingerprint density at radius 1 is 0.679 bits per heavy atom. The van der Waals surface area contributed by atoms with Crippen LogP contribution in [0.2, 0.25) is 10.0 Å². The summed E-state index contributed by atoms with van der Waals surface area (Å²) in [6.07, 6.45) is 0. The van der Waals surface area contributed by atoms with Gasteiger partial charge in [0.15, 0.2) is 0 Å². The molecule has 0 radical (unpaired) electrons. The van der Waals surface area contributed by atoms with E-state index in [1.807, 2.05) is 82.3 Å². The third-order valence-corrected chi connectivity index (χ3v) is 5.36. The van der Waals surface area contributed by atoms with Gasteiger partial charge in [-0.25, -0.2) is 4.98 Å². The number of benzene rings is 2. The molecule has 0 unspecified atom stereocenters. The SMILES string of the molecule is CC(=Nc1cccc(Cl)c1C)c1cccc(C(C)=Nc2cccc(Cl)c2C)n1. The fraction of sp³-hybridized carbons (Fsp3) is 0.174. The fourth-order valence-electron chi connectivity index (χ4n) is 2.75. The normalized spacial score (nSPS) is 12.4.